The van der Waals surface area contributed by atoms with Crippen LogP contribution in [-0.2, 0) is 6.42 Å². The highest BCUT2D eigenvalue weighted by molar-refractivity contribution is 6.30. The molecule has 0 aliphatic rings. The lowest BCUT2D eigenvalue weighted by molar-refractivity contribution is 0.792. The zero-order chi connectivity index (χ0) is 10.8. The van der Waals surface area contributed by atoms with Crippen molar-refractivity contribution in [2.75, 3.05) is 0 Å². The van der Waals surface area contributed by atoms with E-state index in [0.29, 0.717) is 16.1 Å². The van der Waals surface area contributed by atoms with Gasteiger partial charge in [0, 0.05) is 0 Å². The van der Waals surface area contributed by atoms with Crippen molar-refractivity contribution >= 4 is 23.2 Å². The smallest absolute Gasteiger partial charge is 0.177 e. The van der Waals surface area contributed by atoms with Gasteiger partial charge in [0.2, 0.25) is 0 Å². The third-order valence-corrected chi connectivity index (χ3v) is 2.38. The fraction of sp³-hybridized carbons (Fsp3) is 0.222. The van der Waals surface area contributed by atoms with E-state index in [0.717, 1.165) is 12.1 Å². The Morgan fingerprint density at radius 3 is 2.60 bits per heavy atom. The standard InChI is InChI=1S/C9H8Cl2N4/c1-2-6-5-8(11)15(14-6)9-4-3-7(10)12-13-9/h3-5H,2H2,1H3. The Hall–Kier alpha value is -1.13. The molecule has 0 N–H and O–H groups in total. The quantitative estimate of drug-likeness (QED) is 0.813. The van der Waals surface area contributed by atoms with E-state index in [1.807, 2.05) is 6.92 Å². The van der Waals surface area contributed by atoms with Crippen LogP contribution in [0.2, 0.25) is 10.3 Å². The van der Waals surface area contributed by atoms with Crippen LogP contribution in [0.3, 0.4) is 0 Å². The van der Waals surface area contributed by atoms with Gasteiger partial charge >= 0.3 is 0 Å². The average Bonchev–Trinajstić information content (AvgIpc) is 2.61. The van der Waals surface area contributed by atoms with Crippen molar-refractivity contribution < 1.29 is 0 Å². The predicted molar refractivity (Wildman–Crippen MR) is 58.6 cm³/mol. The van der Waals surface area contributed by atoms with Gasteiger partial charge in [0.15, 0.2) is 11.0 Å². The van der Waals surface area contributed by atoms with Gasteiger partial charge in [-0.3, -0.25) is 0 Å². The summed E-state index contributed by atoms with van der Waals surface area (Å²) in [5.74, 6) is 0.559. The highest BCUT2D eigenvalue weighted by Crippen LogP contribution is 2.16. The Kier molecular flexibility index (Phi) is 2.88. The fourth-order valence-electron chi connectivity index (χ4n) is 1.16. The van der Waals surface area contributed by atoms with Crippen molar-refractivity contribution in [3.8, 4) is 5.82 Å². The third-order valence-electron chi connectivity index (χ3n) is 1.91. The summed E-state index contributed by atoms with van der Waals surface area (Å²) in [5.41, 5.74) is 0.914. The average molecular weight is 243 g/mol. The molecule has 2 aromatic rings. The molecule has 0 unspecified atom stereocenters. The molecule has 0 aromatic carbocycles. The van der Waals surface area contributed by atoms with E-state index >= 15 is 0 Å². The minimum absolute atomic E-state index is 0.345. The van der Waals surface area contributed by atoms with Crippen LogP contribution in [0.5, 0.6) is 0 Å². The molecule has 0 aliphatic heterocycles. The molecular formula is C9H8Cl2N4. The van der Waals surface area contributed by atoms with Gasteiger partial charge in [0.05, 0.1) is 5.69 Å². The van der Waals surface area contributed by atoms with Crippen molar-refractivity contribution in [3.63, 3.8) is 0 Å². The molecule has 0 atom stereocenters. The van der Waals surface area contributed by atoms with Crippen LogP contribution in [0.1, 0.15) is 12.6 Å². The van der Waals surface area contributed by atoms with Gasteiger partial charge in [-0.1, -0.05) is 30.1 Å². The second-order valence-electron chi connectivity index (χ2n) is 2.94. The summed E-state index contributed by atoms with van der Waals surface area (Å²) < 4.78 is 1.53. The molecule has 0 amide bonds. The number of rotatable bonds is 2. The maximum atomic E-state index is 6.00. The lowest BCUT2D eigenvalue weighted by atomic mass is 10.3. The Morgan fingerprint density at radius 2 is 2.07 bits per heavy atom. The first kappa shape index (κ1) is 10.4. The van der Waals surface area contributed by atoms with Crippen molar-refractivity contribution in [3.05, 3.63) is 34.2 Å². The molecule has 0 bridgehead atoms. The maximum absolute atomic E-state index is 6.00. The lowest BCUT2D eigenvalue weighted by Crippen LogP contribution is -2.01. The molecule has 6 heteroatoms. The van der Waals surface area contributed by atoms with Gasteiger partial charge in [0.25, 0.3) is 0 Å². The van der Waals surface area contributed by atoms with Gasteiger partial charge in [-0.15, -0.1) is 10.2 Å². The molecule has 2 rings (SSSR count). The first-order valence-electron chi connectivity index (χ1n) is 4.44. The van der Waals surface area contributed by atoms with Gasteiger partial charge in [-0.2, -0.15) is 5.10 Å². The second kappa shape index (κ2) is 4.16. The number of aromatic nitrogens is 4. The molecule has 0 aliphatic carbocycles. The highest BCUT2D eigenvalue weighted by Gasteiger charge is 2.07. The summed E-state index contributed by atoms with van der Waals surface area (Å²) in [6.45, 7) is 2.01. The van der Waals surface area contributed by atoms with Crippen LogP contribution in [0.15, 0.2) is 18.2 Å². The Balaban J connectivity index is 2.44. The zero-order valence-electron chi connectivity index (χ0n) is 7.98. The van der Waals surface area contributed by atoms with Gasteiger partial charge in [0.1, 0.15) is 5.15 Å². The Morgan fingerprint density at radius 1 is 1.27 bits per heavy atom. The van der Waals surface area contributed by atoms with Gasteiger partial charge in [-0.05, 0) is 24.6 Å². The normalized spacial score (nSPS) is 10.6. The summed E-state index contributed by atoms with van der Waals surface area (Å²) in [4.78, 5) is 0. The summed E-state index contributed by atoms with van der Waals surface area (Å²) in [6.07, 6.45) is 0.827. The highest BCUT2D eigenvalue weighted by atomic mass is 35.5. The molecule has 4 nitrogen and oxygen atoms in total. The summed E-state index contributed by atoms with van der Waals surface area (Å²) >= 11 is 11.6. The second-order valence-corrected chi connectivity index (χ2v) is 3.71. The molecule has 2 heterocycles. The van der Waals surface area contributed by atoms with E-state index < -0.39 is 0 Å². The number of halogens is 2. The SMILES string of the molecule is CCc1cc(Cl)n(-c2ccc(Cl)nn2)n1. The Labute approximate surface area is 96.8 Å². The van der Waals surface area contributed by atoms with Gasteiger partial charge in [-0.25, -0.2) is 4.68 Å². The van der Waals surface area contributed by atoms with Crippen LogP contribution in [0.25, 0.3) is 5.82 Å². The first-order chi connectivity index (χ1) is 7.20. The van der Waals surface area contributed by atoms with E-state index in [-0.39, 0.29) is 0 Å². The molecule has 2 aromatic heterocycles. The minimum Gasteiger partial charge on any atom is -0.202 e. The molecule has 0 saturated heterocycles. The zero-order valence-corrected chi connectivity index (χ0v) is 9.50. The number of hydrogen-bond acceptors (Lipinski definition) is 3. The molecule has 0 fully saturated rings. The molecular weight excluding hydrogens is 235 g/mol. The predicted octanol–water partition coefficient (Wildman–Crippen LogP) is 2.53. The molecule has 78 valence electrons. The monoisotopic (exact) mass is 242 g/mol. The molecule has 0 saturated carbocycles. The van der Waals surface area contributed by atoms with Crippen molar-refractivity contribution in [2.45, 2.75) is 13.3 Å². The number of aryl methyl sites for hydroxylation is 1. The summed E-state index contributed by atoms with van der Waals surface area (Å²) in [7, 11) is 0. The van der Waals surface area contributed by atoms with Gasteiger partial charge < -0.3 is 0 Å². The lowest BCUT2D eigenvalue weighted by Gasteiger charge is -1.99. The van der Waals surface area contributed by atoms with E-state index in [2.05, 4.69) is 15.3 Å². The van der Waals surface area contributed by atoms with Crippen LogP contribution in [-0.4, -0.2) is 20.0 Å². The van der Waals surface area contributed by atoms with E-state index in [1.165, 1.54) is 4.68 Å². The largest absolute Gasteiger partial charge is 0.202 e. The van der Waals surface area contributed by atoms with Crippen LogP contribution in [0.4, 0.5) is 0 Å². The van der Waals surface area contributed by atoms with E-state index in [1.54, 1.807) is 18.2 Å². The number of nitrogens with zero attached hydrogens (tertiary/aromatic N) is 4. The maximum Gasteiger partial charge on any atom is 0.177 e. The summed E-state index contributed by atoms with van der Waals surface area (Å²) in [6, 6.07) is 5.17. The van der Waals surface area contributed by atoms with Crippen LogP contribution in [0, 0.1) is 0 Å². The summed E-state index contributed by atoms with van der Waals surface area (Å²) in [5, 5.41) is 12.7. The molecule has 15 heavy (non-hydrogen) atoms. The van der Waals surface area contributed by atoms with Crippen molar-refractivity contribution in [2.24, 2.45) is 0 Å². The Bertz CT molecular complexity index is 463. The van der Waals surface area contributed by atoms with Crippen LogP contribution >= 0.6 is 23.2 Å². The minimum atomic E-state index is 0.345. The topological polar surface area (TPSA) is 43.6 Å². The van der Waals surface area contributed by atoms with Crippen molar-refractivity contribution in [1.29, 1.82) is 0 Å². The number of hydrogen-bond donors (Lipinski definition) is 0. The first-order valence-corrected chi connectivity index (χ1v) is 5.20. The molecule has 0 spiro atoms. The van der Waals surface area contributed by atoms with Crippen LogP contribution < -0.4 is 0 Å². The van der Waals surface area contributed by atoms with E-state index in [4.69, 9.17) is 23.2 Å². The molecule has 0 radical (unpaired) electrons. The third kappa shape index (κ3) is 2.11. The fourth-order valence-corrected chi connectivity index (χ4v) is 1.51. The van der Waals surface area contributed by atoms with Crippen molar-refractivity contribution in [1.82, 2.24) is 20.0 Å². The van der Waals surface area contributed by atoms with E-state index in [9.17, 15) is 0 Å².